The van der Waals surface area contributed by atoms with Gasteiger partial charge in [-0.05, 0) is 44.4 Å². The predicted molar refractivity (Wildman–Crippen MR) is 82.5 cm³/mol. The topological polar surface area (TPSA) is 71.5 Å². The van der Waals surface area contributed by atoms with E-state index in [0.29, 0.717) is 12.0 Å². The molecule has 1 heterocycles. The van der Waals surface area contributed by atoms with Crippen molar-refractivity contribution >= 4 is 19.9 Å². The number of sulfonamides is 1. The number of benzene rings is 1. The molecule has 5 nitrogen and oxygen atoms in total. The van der Waals surface area contributed by atoms with Gasteiger partial charge < -0.3 is 0 Å². The first-order valence-corrected chi connectivity index (χ1v) is 10.0. The van der Waals surface area contributed by atoms with E-state index in [1.165, 1.54) is 11.4 Å². The fraction of sp³-hybridized carbons (Fsp3) is 0.571. The zero-order chi connectivity index (χ0) is 16.1. The van der Waals surface area contributed by atoms with Crippen LogP contribution in [0.1, 0.15) is 24.5 Å². The number of sulfone groups is 1. The summed E-state index contributed by atoms with van der Waals surface area (Å²) in [7, 11) is -5.41. The lowest BCUT2D eigenvalue weighted by Gasteiger charge is -2.33. The summed E-state index contributed by atoms with van der Waals surface area (Å²) in [5.41, 5.74) is 0.641. The molecular weight excluding hydrogens is 310 g/mol. The molecule has 0 saturated carbocycles. The highest BCUT2D eigenvalue weighted by Crippen LogP contribution is 2.33. The summed E-state index contributed by atoms with van der Waals surface area (Å²) in [5, 5.41) is 0. The third-order valence-corrected chi connectivity index (χ3v) is 8.27. The maximum absolute atomic E-state index is 12.8. The van der Waals surface area contributed by atoms with Crippen molar-refractivity contribution in [3.63, 3.8) is 0 Å². The van der Waals surface area contributed by atoms with E-state index in [-0.39, 0.29) is 16.4 Å². The summed E-state index contributed by atoms with van der Waals surface area (Å²) >= 11 is 0. The molecule has 0 spiro atoms. The standard InChI is InChI=1S/C14H21NO4S2/c1-11-5-6-12(2)13(9-11)21(18,19)15(4)14(3)7-8-20(16,17)10-14/h5-6,9H,7-8,10H2,1-4H3/t14-/m0/s1. The summed E-state index contributed by atoms with van der Waals surface area (Å²) < 4.78 is 50.3. The largest absolute Gasteiger partial charge is 0.243 e. The van der Waals surface area contributed by atoms with Crippen LogP contribution in [0, 0.1) is 13.8 Å². The van der Waals surface area contributed by atoms with Crippen molar-refractivity contribution in [3.8, 4) is 0 Å². The van der Waals surface area contributed by atoms with Crippen molar-refractivity contribution in [1.29, 1.82) is 0 Å². The summed E-state index contributed by atoms with van der Waals surface area (Å²) in [4.78, 5) is 0.246. The maximum atomic E-state index is 12.8. The molecule has 1 aromatic carbocycles. The first-order chi connectivity index (χ1) is 9.48. The van der Waals surface area contributed by atoms with Crippen molar-refractivity contribution < 1.29 is 16.8 Å². The minimum atomic E-state index is -3.72. The third-order valence-electron chi connectivity index (χ3n) is 4.22. The molecule has 118 valence electrons. The van der Waals surface area contributed by atoms with Crippen LogP contribution < -0.4 is 0 Å². The molecule has 0 N–H and O–H groups in total. The van der Waals surface area contributed by atoms with Gasteiger partial charge in [-0.3, -0.25) is 0 Å². The first-order valence-electron chi connectivity index (χ1n) is 6.75. The number of nitrogens with zero attached hydrogens (tertiary/aromatic N) is 1. The van der Waals surface area contributed by atoms with Crippen LogP contribution in [0.5, 0.6) is 0 Å². The smallest absolute Gasteiger partial charge is 0.229 e. The molecule has 0 radical (unpaired) electrons. The van der Waals surface area contributed by atoms with Gasteiger partial charge in [-0.25, -0.2) is 16.8 Å². The Bertz CT molecular complexity index is 768. The van der Waals surface area contributed by atoms with Gasteiger partial charge in [-0.2, -0.15) is 4.31 Å². The van der Waals surface area contributed by atoms with Gasteiger partial charge in [-0.1, -0.05) is 12.1 Å². The second-order valence-corrected chi connectivity index (χ2v) is 10.2. The van der Waals surface area contributed by atoms with Crippen LogP contribution in [0.2, 0.25) is 0 Å². The molecule has 2 rings (SSSR count). The maximum Gasteiger partial charge on any atom is 0.243 e. The van der Waals surface area contributed by atoms with Crippen molar-refractivity contribution in [2.75, 3.05) is 18.6 Å². The summed E-state index contributed by atoms with van der Waals surface area (Å²) in [6.45, 7) is 5.27. The second kappa shape index (κ2) is 5.07. The molecular formula is C14H21NO4S2. The van der Waals surface area contributed by atoms with Crippen LogP contribution in [-0.4, -0.2) is 45.2 Å². The Morgan fingerprint density at radius 2 is 1.86 bits per heavy atom. The summed E-state index contributed by atoms with van der Waals surface area (Å²) in [5.74, 6) is -0.0866. The Morgan fingerprint density at radius 3 is 2.38 bits per heavy atom. The van der Waals surface area contributed by atoms with Gasteiger partial charge in [0.15, 0.2) is 9.84 Å². The quantitative estimate of drug-likeness (QED) is 0.841. The van der Waals surface area contributed by atoms with Crippen molar-refractivity contribution in [2.24, 2.45) is 0 Å². The van der Waals surface area contributed by atoms with E-state index in [1.54, 1.807) is 26.0 Å². The van der Waals surface area contributed by atoms with Crippen LogP contribution in [-0.2, 0) is 19.9 Å². The predicted octanol–water partition coefficient (Wildman–Crippen LogP) is 1.50. The average molecular weight is 331 g/mol. The molecule has 1 aromatic rings. The number of hydrogen-bond donors (Lipinski definition) is 0. The highest BCUT2D eigenvalue weighted by atomic mass is 32.2. The van der Waals surface area contributed by atoms with Gasteiger partial charge in [0.05, 0.1) is 16.4 Å². The summed E-state index contributed by atoms with van der Waals surface area (Å²) in [6.07, 6.45) is 0.329. The highest BCUT2D eigenvalue weighted by molar-refractivity contribution is 7.92. The van der Waals surface area contributed by atoms with Crippen LogP contribution >= 0.6 is 0 Å². The molecule has 0 bridgehead atoms. The van der Waals surface area contributed by atoms with Gasteiger partial charge >= 0.3 is 0 Å². The Kier molecular flexibility index (Phi) is 3.97. The fourth-order valence-corrected chi connectivity index (χ4v) is 6.77. The number of hydrogen-bond acceptors (Lipinski definition) is 4. The molecule has 1 saturated heterocycles. The van der Waals surface area contributed by atoms with Gasteiger partial charge in [0.2, 0.25) is 10.0 Å². The van der Waals surface area contributed by atoms with Crippen LogP contribution in [0.15, 0.2) is 23.1 Å². The van der Waals surface area contributed by atoms with Gasteiger partial charge in [0.25, 0.3) is 0 Å². The lowest BCUT2D eigenvalue weighted by molar-refractivity contribution is 0.272. The molecule has 1 aliphatic heterocycles. The Balaban J connectivity index is 2.47. The van der Waals surface area contributed by atoms with E-state index in [2.05, 4.69) is 0 Å². The average Bonchev–Trinajstić information content (AvgIpc) is 2.66. The zero-order valence-electron chi connectivity index (χ0n) is 12.8. The highest BCUT2D eigenvalue weighted by Gasteiger charge is 2.46. The first kappa shape index (κ1) is 16.5. The van der Waals surface area contributed by atoms with E-state index in [9.17, 15) is 16.8 Å². The van der Waals surface area contributed by atoms with E-state index >= 15 is 0 Å². The molecule has 21 heavy (non-hydrogen) atoms. The van der Waals surface area contributed by atoms with Crippen molar-refractivity contribution in [2.45, 2.75) is 37.6 Å². The molecule has 0 amide bonds. The molecule has 7 heteroatoms. The molecule has 0 aliphatic carbocycles. The molecule has 1 aliphatic rings. The van der Waals surface area contributed by atoms with Crippen LogP contribution in [0.3, 0.4) is 0 Å². The van der Waals surface area contributed by atoms with Crippen molar-refractivity contribution in [3.05, 3.63) is 29.3 Å². The Morgan fingerprint density at radius 1 is 1.24 bits per heavy atom. The SMILES string of the molecule is Cc1ccc(C)c(S(=O)(=O)N(C)[C@@]2(C)CCS(=O)(=O)C2)c1. The molecule has 1 atom stereocenters. The molecule has 0 aromatic heterocycles. The van der Waals surface area contributed by atoms with Gasteiger partial charge in [0, 0.05) is 12.6 Å². The van der Waals surface area contributed by atoms with E-state index < -0.39 is 25.4 Å². The van der Waals surface area contributed by atoms with Crippen molar-refractivity contribution in [1.82, 2.24) is 4.31 Å². The van der Waals surface area contributed by atoms with E-state index in [4.69, 9.17) is 0 Å². The lowest BCUT2D eigenvalue weighted by Crippen LogP contribution is -2.48. The fourth-order valence-electron chi connectivity index (χ4n) is 2.66. The Hall–Kier alpha value is -0.920. The number of rotatable bonds is 3. The van der Waals surface area contributed by atoms with Gasteiger partial charge in [0.1, 0.15) is 0 Å². The zero-order valence-corrected chi connectivity index (χ0v) is 14.4. The van der Waals surface area contributed by atoms with Gasteiger partial charge in [-0.15, -0.1) is 0 Å². The molecule has 1 fully saturated rings. The second-order valence-electron chi connectivity index (χ2n) is 6.08. The molecule has 0 unspecified atom stereocenters. The van der Waals surface area contributed by atoms with E-state index in [1.807, 2.05) is 13.0 Å². The minimum Gasteiger partial charge on any atom is -0.229 e. The Labute approximate surface area is 126 Å². The summed E-state index contributed by atoms with van der Waals surface area (Å²) in [6, 6.07) is 5.26. The normalized spacial score (nSPS) is 25.4. The van der Waals surface area contributed by atoms with E-state index in [0.717, 1.165) is 5.56 Å². The lowest BCUT2D eigenvalue weighted by atomic mass is 10.0. The number of aryl methyl sites for hydroxylation is 2. The van der Waals surface area contributed by atoms with Crippen LogP contribution in [0.25, 0.3) is 0 Å². The third kappa shape index (κ3) is 3.00. The minimum absolute atomic E-state index is 0.0379. The van der Waals surface area contributed by atoms with Crippen LogP contribution in [0.4, 0.5) is 0 Å². The monoisotopic (exact) mass is 331 g/mol.